The van der Waals surface area contributed by atoms with Crippen molar-refractivity contribution in [3.05, 3.63) is 46.7 Å². The molecular formula is C16H20BrN3O2. The third-order valence-corrected chi connectivity index (χ3v) is 3.54. The molecule has 1 amide bonds. The van der Waals surface area contributed by atoms with Crippen LogP contribution in [-0.4, -0.2) is 23.6 Å². The molecule has 5 nitrogen and oxygen atoms in total. The first-order chi connectivity index (χ1) is 10.5. The standard InChI is InChI=1S/C16H20BrN3O2/c1-11(2)20-10-12(17)9-15(20)16(21)19-13-3-5-14(6-4-13)22-8-7-18/h3-6,9-11H,7-8,18H2,1-2H3,(H,19,21). The summed E-state index contributed by atoms with van der Waals surface area (Å²) >= 11 is 3.41. The van der Waals surface area contributed by atoms with Crippen LogP contribution in [0.25, 0.3) is 0 Å². The maximum Gasteiger partial charge on any atom is 0.272 e. The fourth-order valence-electron chi connectivity index (χ4n) is 2.06. The molecule has 0 aliphatic heterocycles. The van der Waals surface area contributed by atoms with Gasteiger partial charge in [-0.1, -0.05) is 0 Å². The smallest absolute Gasteiger partial charge is 0.272 e. The minimum absolute atomic E-state index is 0.143. The van der Waals surface area contributed by atoms with E-state index in [0.29, 0.717) is 18.8 Å². The van der Waals surface area contributed by atoms with Gasteiger partial charge >= 0.3 is 0 Å². The second kappa shape index (κ2) is 7.47. The molecule has 2 rings (SSSR count). The number of anilines is 1. The average Bonchev–Trinajstić information content (AvgIpc) is 2.89. The van der Waals surface area contributed by atoms with Gasteiger partial charge in [-0.05, 0) is 60.1 Å². The number of amides is 1. The van der Waals surface area contributed by atoms with Crippen molar-refractivity contribution < 1.29 is 9.53 Å². The van der Waals surface area contributed by atoms with Crippen molar-refractivity contribution >= 4 is 27.5 Å². The third kappa shape index (κ3) is 4.11. The van der Waals surface area contributed by atoms with Crippen molar-refractivity contribution in [1.82, 2.24) is 4.57 Å². The molecule has 1 aromatic heterocycles. The number of carbonyl (C=O) groups excluding carboxylic acids is 1. The second-order valence-electron chi connectivity index (χ2n) is 5.16. The summed E-state index contributed by atoms with van der Waals surface area (Å²) in [7, 11) is 0. The Morgan fingerprint density at radius 2 is 2.05 bits per heavy atom. The lowest BCUT2D eigenvalue weighted by Crippen LogP contribution is -2.17. The summed E-state index contributed by atoms with van der Waals surface area (Å²) < 4.78 is 8.22. The van der Waals surface area contributed by atoms with E-state index in [9.17, 15) is 4.79 Å². The Kier molecular flexibility index (Phi) is 5.63. The first-order valence-corrected chi connectivity index (χ1v) is 7.92. The Balaban J connectivity index is 2.09. The van der Waals surface area contributed by atoms with Gasteiger partial charge in [0.1, 0.15) is 18.1 Å². The molecule has 22 heavy (non-hydrogen) atoms. The van der Waals surface area contributed by atoms with Gasteiger partial charge in [-0.25, -0.2) is 0 Å². The second-order valence-corrected chi connectivity index (χ2v) is 6.08. The van der Waals surface area contributed by atoms with Gasteiger partial charge in [-0.3, -0.25) is 4.79 Å². The number of nitrogens with one attached hydrogen (secondary N) is 1. The molecule has 0 atom stereocenters. The summed E-state index contributed by atoms with van der Waals surface area (Å²) in [6.45, 7) is 5.01. The minimum atomic E-state index is -0.143. The molecule has 0 aliphatic carbocycles. The fourth-order valence-corrected chi connectivity index (χ4v) is 2.50. The van der Waals surface area contributed by atoms with Crippen LogP contribution in [0.4, 0.5) is 5.69 Å². The van der Waals surface area contributed by atoms with E-state index in [0.717, 1.165) is 15.9 Å². The molecular weight excluding hydrogens is 346 g/mol. The normalized spacial score (nSPS) is 10.8. The predicted octanol–water partition coefficient (Wildman–Crippen LogP) is 3.42. The Hall–Kier alpha value is -1.79. The number of rotatable bonds is 6. The number of aromatic nitrogens is 1. The Labute approximate surface area is 138 Å². The van der Waals surface area contributed by atoms with Gasteiger partial charge in [0.15, 0.2) is 0 Å². The number of nitrogens with zero attached hydrogens (tertiary/aromatic N) is 1. The average molecular weight is 366 g/mol. The van der Waals surface area contributed by atoms with Crippen molar-refractivity contribution in [2.45, 2.75) is 19.9 Å². The first kappa shape index (κ1) is 16.6. The molecule has 3 N–H and O–H groups in total. The summed E-state index contributed by atoms with van der Waals surface area (Å²) in [5, 5.41) is 2.89. The van der Waals surface area contributed by atoms with Crippen molar-refractivity contribution in [2.75, 3.05) is 18.5 Å². The number of hydrogen-bond donors (Lipinski definition) is 2. The lowest BCUT2D eigenvalue weighted by atomic mass is 10.3. The van der Waals surface area contributed by atoms with Gasteiger partial charge in [0.25, 0.3) is 5.91 Å². The zero-order valence-corrected chi connectivity index (χ0v) is 14.3. The van der Waals surface area contributed by atoms with Crippen molar-refractivity contribution in [3.8, 4) is 5.75 Å². The topological polar surface area (TPSA) is 69.3 Å². The minimum Gasteiger partial charge on any atom is -0.492 e. The van der Waals surface area contributed by atoms with Gasteiger partial charge < -0.3 is 20.4 Å². The lowest BCUT2D eigenvalue weighted by molar-refractivity contribution is 0.101. The molecule has 0 radical (unpaired) electrons. The molecule has 0 spiro atoms. The summed E-state index contributed by atoms with van der Waals surface area (Å²) in [5.41, 5.74) is 6.73. The van der Waals surface area contributed by atoms with E-state index in [-0.39, 0.29) is 11.9 Å². The monoisotopic (exact) mass is 365 g/mol. The van der Waals surface area contributed by atoms with Crippen LogP contribution in [0.3, 0.4) is 0 Å². The van der Waals surface area contributed by atoms with E-state index in [1.165, 1.54) is 0 Å². The highest BCUT2D eigenvalue weighted by Gasteiger charge is 2.15. The van der Waals surface area contributed by atoms with Gasteiger partial charge in [-0.15, -0.1) is 0 Å². The molecule has 0 bridgehead atoms. The molecule has 0 saturated heterocycles. The molecule has 0 unspecified atom stereocenters. The molecule has 118 valence electrons. The number of carbonyl (C=O) groups is 1. The Bertz CT molecular complexity index is 635. The molecule has 0 aliphatic rings. The van der Waals surface area contributed by atoms with Crippen LogP contribution < -0.4 is 15.8 Å². The lowest BCUT2D eigenvalue weighted by Gasteiger charge is -2.13. The molecule has 1 heterocycles. The van der Waals surface area contributed by atoms with Gasteiger partial charge in [0, 0.05) is 28.9 Å². The van der Waals surface area contributed by atoms with Gasteiger partial charge in [0.2, 0.25) is 0 Å². The van der Waals surface area contributed by atoms with Crippen LogP contribution in [0.1, 0.15) is 30.4 Å². The zero-order valence-electron chi connectivity index (χ0n) is 12.7. The van der Waals surface area contributed by atoms with Crippen molar-refractivity contribution in [3.63, 3.8) is 0 Å². The predicted molar refractivity (Wildman–Crippen MR) is 91.5 cm³/mol. The number of hydrogen-bond acceptors (Lipinski definition) is 3. The highest BCUT2D eigenvalue weighted by molar-refractivity contribution is 9.10. The number of ether oxygens (including phenoxy) is 1. The van der Waals surface area contributed by atoms with Crippen molar-refractivity contribution in [2.24, 2.45) is 5.73 Å². The van der Waals surface area contributed by atoms with E-state index in [2.05, 4.69) is 21.2 Å². The Morgan fingerprint density at radius 1 is 1.36 bits per heavy atom. The van der Waals surface area contributed by atoms with E-state index in [1.807, 2.05) is 42.8 Å². The van der Waals surface area contributed by atoms with Gasteiger partial charge in [-0.2, -0.15) is 0 Å². The zero-order chi connectivity index (χ0) is 16.1. The van der Waals surface area contributed by atoms with Crippen LogP contribution >= 0.6 is 15.9 Å². The fraction of sp³-hybridized carbons (Fsp3) is 0.312. The maximum absolute atomic E-state index is 12.4. The largest absolute Gasteiger partial charge is 0.492 e. The van der Waals surface area contributed by atoms with Crippen LogP contribution in [0.5, 0.6) is 5.75 Å². The molecule has 0 fully saturated rings. The maximum atomic E-state index is 12.4. The van der Waals surface area contributed by atoms with Gasteiger partial charge in [0.05, 0.1) is 0 Å². The number of benzene rings is 1. The highest BCUT2D eigenvalue weighted by Crippen LogP contribution is 2.21. The summed E-state index contributed by atoms with van der Waals surface area (Å²) in [6, 6.07) is 9.25. The third-order valence-electron chi connectivity index (χ3n) is 3.10. The van der Waals surface area contributed by atoms with Crippen LogP contribution in [0.2, 0.25) is 0 Å². The van der Waals surface area contributed by atoms with E-state index in [1.54, 1.807) is 12.1 Å². The number of nitrogens with two attached hydrogens (primary N) is 1. The van der Waals surface area contributed by atoms with E-state index >= 15 is 0 Å². The van der Waals surface area contributed by atoms with Crippen LogP contribution in [-0.2, 0) is 0 Å². The Morgan fingerprint density at radius 3 is 2.64 bits per heavy atom. The molecule has 1 aromatic carbocycles. The molecule has 6 heteroatoms. The number of halogens is 1. The molecule has 2 aromatic rings. The quantitative estimate of drug-likeness (QED) is 0.823. The first-order valence-electron chi connectivity index (χ1n) is 7.13. The summed E-state index contributed by atoms with van der Waals surface area (Å²) in [5.74, 6) is 0.590. The summed E-state index contributed by atoms with van der Waals surface area (Å²) in [4.78, 5) is 12.4. The van der Waals surface area contributed by atoms with Crippen LogP contribution in [0.15, 0.2) is 41.0 Å². The van der Waals surface area contributed by atoms with Crippen molar-refractivity contribution in [1.29, 1.82) is 0 Å². The van der Waals surface area contributed by atoms with Crippen LogP contribution in [0, 0.1) is 0 Å². The highest BCUT2D eigenvalue weighted by atomic mass is 79.9. The SMILES string of the molecule is CC(C)n1cc(Br)cc1C(=O)Nc1ccc(OCCN)cc1. The summed E-state index contributed by atoms with van der Waals surface area (Å²) in [6.07, 6.45) is 1.91. The van der Waals surface area contributed by atoms with E-state index < -0.39 is 0 Å². The van der Waals surface area contributed by atoms with E-state index in [4.69, 9.17) is 10.5 Å². The molecule has 0 saturated carbocycles.